The Kier molecular flexibility index (Phi) is 3.17. The van der Waals surface area contributed by atoms with E-state index in [1.807, 2.05) is 24.3 Å². The fraction of sp³-hybridized carbons (Fsp3) is 0.182. The van der Waals surface area contributed by atoms with Gasteiger partial charge < -0.3 is 0 Å². The van der Waals surface area contributed by atoms with E-state index in [1.54, 1.807) is 11.3 Å². The zero-order chi connectivity index (χ0) is 9.80. The largest absolute Gasteiger partial charge is 0.237 e. The molecule has 1 aromatic carbocycles. The Balaban J connectivity index is 2.27. The van der Waals surface area contributed by atoms with Crippen LogP contribution >= 0.6 is 22.9 Å². The number of para-hydroxylation sites is 1. The number of hydrogen-bond acceptors (Lipinski definition) is 2. The van der Waals surface area contributed by atoms with Gasteiger partial charge in [0.1, 0.15) is 5.01 Å². The third kappa shape index (κ3) is 2.14. The first-order valence-corrected chi connectivity index (χ1v) is 5.83. The van der Waals surface area contributed by atoms with E-state index in [1.165, 1.54) is 4.70 Å². The zero-order valence-corrected chi connectivity index (χ0v) is 9.18. The number of alkyl halides is 1. The predicted octanol–water partition coefficient (Wildman–Crippen LogP) is 3.94. The van der Waals surface area contributed by atoms with Crippen LogP contribution < -0.4 is 0 Å². The normalized spacial score (nSPS) is 11.5. The zero-order valence-electron chi connectivity index (χ0n) is 7.61. The highest BCUT2D eigenvalue weighted by Crippen LogP contribution is 2.22. The van der Waals surface area contributed by atoms with E-state index >= 15 is 0 Å². The first kappa shape index (κ1) is 9.69. The van der Waals surface area contributed by atoms with Gasteiger partial charge in [-0.15, -0.1) is 22.9 Å². The van der Waals surface area contributed by atoms with Crippen LogP contribution in [0.4, 0.5) is 0 Å². The van der Waals surface area contributed by atoms with Crippen LogP contribution in [-0.4, -0.2) is 10.9 Å². The van der Waals surface area contributed by atoms with Crippen LogP contribution in [0.2, 0.25) is 0 Å². The minimum atomic E-state index is 0.668. The molecule has 1 heterocycles. The molecule has 0 aliphatic heterocycles. The second kappa shape index (κ2) is 4.58. The number of thiazole rings is 1. The van der Waals surface area contributed by atoms with E-state index in [0.717, 1.165) is 16.9 Å². The molecule has 0 amide bonds. The van der Waals surface area contributed by atoms with Crippen LogP contribution in [0, 0.1) is 0 Å². The van der Waals surface area contributed by atoms with Crippen molar-refractivity contribution in [3.8, 4) is 0 Å². The molecular weight excluding hydrogens is 214 g/mol. The maximum Gasteiger partial charge on any atom is 0.117 e. The summed E-state index contributed by atoms with van der Waals surface area (Å²) in [5, 5.41) is 1.05. The first-order valence-electron chi connectivity index (χ1n) is 4.48. The molecule has 0 aliphatic carbocycles. The Morgan fingerprint density at radius 3 is 3.00 bits per heavy atom. The molecule has 0 saturated carbocycles. The Hall–Kier alpha value is -0.860. The van der Waals surface area contributed by atoms with E-state index in [4.69, 9.17) is 11.6 Å². The molecule has 0 spiro atoms. The number of hydrogen-bond donors (Lipinski definition) is 0. The molecular formula is C11H10ClNS. The van der Waals surface area contributed by atoms with Gasteiger partial charge in [0.15, 0.2) is 0 Å². The van der Waals surface area contributed by atoms with E-state index in [0.29, 0.717) is 5.88 Å². The molecule has 72 valence electrons. The molecule has 0 atom stereocenters. The molecule has 14 heavy (non-hydrogen) atoms. The van der Waals surface area contributed by atoms with Gasteiger partial charge in [-0.25, -0.2) is 4.98 Å². The van der Waals surface area contributed by atoms with Gasteiger partial charge in [0, 0.05) is 5.88 Å². The van der Waals surface area contributed by atoms with Crippen LogP contribution in [0.5, 0.6) is 0 Å². The summed E-state index contributed by atoms with van der Waals surface area (Å²) in [5.41, 5.74) is 1.07. The molecule has 0 aliphatic rings. The smallest absolute Gasteiger partial charge is 0.117 e. The van der Waals surface area contributed by atoms with Crippen molar-refractivity contribution >= 4 is 39.2 Å². The van der Waals surface area contributed by atoms with Gasteiger partial charge >= 0.3 is 0 Å². The van der Waals surface area contributed by atoms with Crippen LogP contribution in [0.3, 0.4) is 0 Å². The molecule has 2 rings (SSSR count). The summed E-state index contributed by atoms with van der Waals surface area (Å²) in [6, 6.07) is 8.16. The highest BCUT2D eigenvalue weighted by Gasteiger charge is 1.98. The minimum Gasteiger partial charge on any atom is -0.237 e. The first-order chi connectivity index (χ1) is 6.90. The van der Waals surface area contributed by atoms with Gasteiger partial charge in [-0.3, -0.25) is 0 Å². The van der Waals surface area contributed by atoms with Gasteiger partial charge in [0.05, 0.1) is 10.2 Å². The fourth-order valence-electron chi connectivity index (χ4n) is 1.21. The van der Waals surface area contributed by atoms with Crippen molar-refractivity contribution in [2.24, 2.45) is 0 Å². The highest BCUT2D eigenvalue weighted by molar-refractivity contribution is 7.19. The summed E-state index contributed by atoms with van der Waals surface area (Å²) in [7, 11) is 0. The van der Waals surface area contributed by atoms with Crippen molar-refractivity contribution in [3.05, 3.63) is 35.3 Å². The van der Waals surface area contributed by atoms with Crippen LogP contribution in [0.15, 0.2) is 30.3 Å². The molecule has 1 aromatic heterocycles. The minimum absolute atomic E-state index is 0.668. The van der Waals surface area contributed by atoms with E-state index in [9.17, 15) is 0 Å². The topological polar surface area (TPSA) is 12.9 Å². The molecule has 2 aromatic rings. The van der Waals surface area contributed by atoms with Gasteiger partial charge in [-0.1, -0.05) is 18.2 Å². The molecule has 0 bridgehead atoms. The summed E-state index contributed by atoms with van der Waals surface area (Å²) < 4.78 is 1.23. The third-order valence-electron chi connectivity index (χ3n) is 1.85. The highest BCUT2D eigenvalue weighted by atomic mass is 35.5. The number of aromatic nitrogens is 1. The quantitative estimate of drug-likeness (QED) is 0.719. The maximum absolute atomic E-state index is 5.58. The van der Waals surface area contributed by atoms with E-state index in [2.05, 4.69) is 17.1 Å². The van der Waals surface area contributed by atoms with Gasteiger partial charge in [0.2, 0.25) is 0 Å². The third-order valence-corrected chi connectivity index (χ3v) is 3.07. The van der Waals surface area contributed by atoms with E-state index in [-0.39, 0.29) is 0 Å². The molecule has 0 radical (unpaired) electrons. The average molecular weight is 224 g/mol. The molecule has 3 heteroatoms. The Labute approximate surface area is 92.0 Å². The SMILES string of the molecule is ClCCC=Cc1nc2ccccc2s1. The van der Waals surface area contributed by atoms with Crippen molar-refractivity contribution in [1.29, 1.82) is 0 Å². The van der Waals surface area contributed by atoms with Crippen LogP contribution in [0.25, 0.3) is 16.3 Å². The lowest BCUT2D eigenvalue weighted by atomic mass is 10.3. The summed E-state index contributed by atoms with van der Waals surface area (Å²) in [4.78, 5) is 4.47. The summed E-state index contributed by atoms with van der Waals surface area (Å²) in [6.45, 7) is 0. The fourth-order valence-corrected chi connectivity index (χ4v) is 2.23. The van der Waals surface area contributed by atoms with Crippen molar-refractivity contribution in [1.82, 2.24) is 4.98 Å². The lowest BCUT2D eigenvalue weighted by molar-refractivity contribution is 1.24. The van der Waals surface area contributed by atoms with Crippen molar-refractivity contribution in [2.75, 3.05) is 5.88 Å². The van der Waals surface area contributed by atoms with Gasteiger partial charge in [-0.05, 0) is 24.6 Å². The monoisotopic (exact) mass is 223 g/mol. The maximum atomic E-state index is 5.58. The van der Waals surface area contributed by atoms with Crippen molar-refractivity contribution in [3.63, 3.8) is 0 Å². The Bertz CT molecular complexity index is 414. The molecule has 0 saturated heterocycles. The molecule has 0 N–H and O–H groups in total. The second-order valence-corrected chi connectivity index (χ2v) is 4.34. The number of benzene rings is 1. The lowest BCUT2D eigenvalue weighted by Crippen LogP contribution is -1.69. The van der Waals surface area contributed by atoms with Crippen LogP contribution in [-0.2, 0) is 0 Å². The van der Waals surface area contributed by atoms with E-state index < -0.39 is 0 Å². The average Bonchev–Trinajstić information content (AvgIpc) is 2.60. The molecule has 0 fully saturated rings. The number of allylic oxidation sites excluding steroid dienone is 1. The Morgan fingerprint density at radius 2 is 2.21 bits per heavy atom. The van der Waals surface area contributed by atoms with Crippen molar-refractivity contribution < 1.29 is 0 Å². The lowest BCUT2D eigenvalue weighted by Gasteiger charge is -1.81. The number of fused-ring (bicyclic) bond motifs is 1. The summed E-state index contributed by atoms with van der Waals surface area (Å²) in [5.74, 6) is 0.668. The van der Waals surface area contributed by atoms with Gasteiger partial charge in [0.25, 0.3) is 0 Å². The van der Waals surface area contributed by atoms with Gasteiger partial charge in [-0.2, -0.15) is 0 Å². The number of nitrogens with zero attached hydrogens (tertiary/aromatic N) is 1. The predicted molar refractivity (Wildman–Crippen MR) is 64.0 cm³/mol. The second-order valence-electron chi connectivity index (χ2n) is 2.90. The molecule has 1 nitrogen and oxygen atoms in total. The molecule has 0 unspecified atom stereocenters. The number of rotatable bonds is 3. The number of halogens is 1. The summed E-state index contributed by atoms with van der Waals surface area (Å²) >= 11 is 7.28. The van der Waals surface area contributed by atoms with Crippen LogP contribution in [0.1, 0.15) is 11.4 Å². The van der Waals surface area contributed by atoms with Crippen molar-refractivity contribution in [2.45, 2.75) is 6.42 Å². The summed E-state index contributed by atoms with van der Waals surface area (Å²) in [6.07, 6.45) is 5.00. The standard InChI is InChI=1S/C11H10ClNS/c12-8-4-3-7-11-13-9-5-1-2-6-10(9)14-11/h1-3,5-7H,4,8H2. The Morgan fingerprint density at radius 1 is 1.36 bits per heavy atom.